The predicted molar refractivity (Wildman–Crippen MR) is 85.3 cm³/mol. The van der Waals surface area contributed by atoms with Crippen LogP contribution in [0.1, 0.15) is 62.9 Å². The molecule has 0 bridgehead atoms. The van der Waals surface area contributed by atoms with Crippen molar-refractivity contribution >= 4 is 16.8 Å². The molecule has 2 heteroatoms. The summed E-state index contributed by atoms with van der Waals surface area (Å²) >= 11 is 0. The van der Waals surface area contributed by atoms with Crippen LogP contribution in [0.5, 0.6) is 0 Å². The zero-order chi connectivity index (χ0) is 14.4. The van der Waals surface area contributed by atoms with Gasteiger partial charge in [0.2, 0.25) is 5.91 Å². The highest BCUT2D eigenvalue weighted by Gasteiger charge is 2.11. The molecule has 0 fully saturated rings. The van der Waals surface area contributed by atoms with Crippen LogP contribution in [0.25, 0.3) is 10.9 Å². The van der Waals surface area contributed by atoms with Crippen LogP contribution in [-0.4, -0.2) is 10.5 Å². The monoisotopic (exact) mass is 271 g/mol. The lowest BCUT2D eigenvalue weighted by Gasteiger charge is -2.06. The normalized spacial score (nSPS) is 11.1. The minimum Gasteiger partial charge on any atom is -0.284 e. The van der Waals surface area contributed by atoms with Crippen molar-refractivity contribution in [3.63, 3.8) is 0 Å². The van der Waals surface area contributed by atoms with E-state index in [0.717, 1.165) is 17.6 Å². The Bertz CT molecular complexity index is 568. The molecule has 0 aliphatic carbocycles. The van der Waals surface area contributed by atoms with Crippen LogP contribution in [0, 0.1) is 0 Å². The van der Waals surface area contributed by atoms with Crippen molar-refractivity contribution in [2.45, 2.75) is 58.8 Å². The molecule has 0 radical (unpaired) electrons. The minimum atomic E-state index is 0.118. The van der Waals surface area contributed by atoms with Crippen molar-refractivity contribution in [2.75, 3.05) is 0 Å². The van der Waals surface area contributed by atoms with E-state index in [1.807, 2.05) is 22.8 Å². The molecule has 2 aromatic rings. The number of fused-ring (bicyclic) bond motifs is 1. The molecule has 2 nitrogen and oxygen atoms in total. The fourth-order valence-electron chi connectivity index (χ4n) is 2.85. The van der Waals surface area contributed by atoms with Gasteiger partial charge in [-0.1, -0.05) is 57.2 Å². The Morgan fingerprint density at radius 1 is 1.05 bits per heavy atom. The number of nitrogens with zero attached hydrogens (tertiary/aromatic N) is 1. The molecule has 1 aromatic carbocycles. The second-order valence-electron chi connectivity index (χ2n) is 5.57. The lowest BCUT2D eigenvalue weighted by atomic mass is 10.1. The number of rotatable bonds is 7. The van der Waals surface area contributed by atoms with E-state index in [-0.39, 0.29) is 5.91 Å². The van der Waals surface area contributed by atoms with E-state index in [1.54, 1.807) is 6.92 Å². The van der Waals surface area contributed by atoms with Crippen LogP contribution >= 0.6 is 0 Å². The summed E-state index contributed by atoms with van der Waals surface area (Å²) in [6.07, 6.45) is 8.72. The third-order valence-electron chi connectivity index (χ3n) is 3.89. The van der Waals surface area contributed by atoms with Gasteiger partial charge in [-0.15, -0.1) is 0 Å². The van der Waals surface area contributed by atoms with E-state index < -0.39 is 0 Å². The molecule has 0 aliphatic heterocycles. The molecule has 1 heterocycles. The fourth-order valence-corrected chi connectivity index (χ4v) is 2.85. The number of hydrogen-bond donors (Lipinski definition) is 0. The first-order chi connectivity index (χ1) is 9.74. The van der Waals surface area contributed by atoms with Gasteiger partial charge in [-0.3, -0.25) is 9.36 Å². The average Bonchev–Trinajstić information content (AvgIpc) is 2.81. The van der Waals surface area contributed by atoms with Crippen molar-refractivity contribution in [3.05, 3.63) is 36.0 Å². The molecule has 108 valence electrons. The van der Waals surface area contributed by atoms with Gasteiger partial charge in [-0.2, -0.15) is 0 Å². The van der Waals surface area contributed by atoms with Crippen molar-refractivity contribution in [1.29, 1.82) is 0 Å². The van der Waals surface area contributed by atoms with E-state index in [0.29, 0.717) is 0 Å². The van der Waals surface area contributed by atoms with Crippen LogP contribution in [0.15, 0.2) is 30.3 Å². The summed E-state index contributed by atoms with van der Waals surface area (Å²) < 4.78 is 1.88. The second-order valence-corrected chi connectivity index (χ2v) is 5.57. The molecular formula is C18H25NO. The number of unbranched alkanes of at least 4 members (excludes halogenated alkanes) is 5. The quantitative estimate of drug-likeness (QED) is 0.634. The van der Waals surface area contributed by atoms with Gasteiger partial charge in [0.25, 0.3) is 0 Å². The number of aromatic nitrogens is 1. The zero-order valence-electron chi connectivity index (χ0n) is 12.7. The van der Waals surface area contributed by atoms with E-state index in [9.17, 15) is 4.79 Å². The Kier molecular flexibility index (Phi) is 5.40. The highest BCUT2D eigenvalue weighted by molar-refractivity contribution is 5.92. The summed E-state index contributed by atoms with van der Waals surface area (Å²) in [7, 11) is 0. The third kappa shape index (κ3) is 3.50. The Hall–Kier alpha value is -1.57. The summed E-state index contributed by atoms with van der Waals surface area (Å²) in [6, 6.07) is 10.3. The van der Waals surface area contributed by atoms with E-state index >= 15 is 0 Å². The molecule has 2 rings (SSSR count). The average molecular weight is 271 g/mol. The first-order valence-corrected chi connectivity index (χ1v) is 7.84. The first-order valence-electron chi connectivity index (χ1n) is 7.84. The van der Waals surface area contributed by atoms with E-state index in [1.165, 1.54) is 43.9 Å². The maximum Gasteiger partial charge on any atom is 0.228 e. The fraction of sp³-hybridized carbons (Fsp3) is 0.500. The number of hydrogen-bond acceptors (Lipinski definition) is 1. The van der Waals surface area contributed by atoms with Crippen LogP contribution in [0.3, 0.4) is 0 Å². The van der Waals surface area contributed by atoms with E-state index in [4.69, 9.17) is 0 Å². The topological polar surface area (TPSA) is 22.0 Å². The molecule has 0 atom stereocenters. The number of aryl methyl sites for hydroxylation is 1. The largest absolute Gasteiger partial charge is 0.284 e. The highest BCUT2D eigenvalue weighted by Crippen LogP contribution is 2.21. The number of carbonyl (C=O) groups excluding carboxylic acids is 1. The standard InChI is InChI=1S/C18H25NO/c1-3-4-5-6-7-8-12-17-14-16-11-9-10-13-18(16)19(17)15(2)20/h9-11,13-14H,3-8,12H2,1-2H3. The Morgan fingerprint density at radius 2 is 1.75 bits per heavy atom. The summed E-state index contributed by atoms with van der Waals surface area (Å²) in [6.45, 7) is 3.89. The van der Waals surface area contributed by atoms with Crippen molar-refractivity contribution < 1.29 is 4.79 Å². The number of para-hydroxylation sites is 1. The number of benzene rings is 1. The van der Waals surface area contributed by atoms with Crippen molar-refractivity contribution in [2.24, 2.45) is 0 Å². The second kappa shape index (κ2) is 7.28. The molecule has 0 saturated heterocycles. The summed E-state index contributed by atoms with van der Waals surface area (Å²) in [5.74, 6) is 0.118. The molecule has 0 N–H and O–H groups in total. The maximum absolute atomic E-state index is 11.9. The summed E-state index contributed by atoms with van der Waals surface area (Å²) in [5.41, 5.74) is 2.20. The van der Waals surface area contributed by atoms with Gasteiger partial charge in [0.1, 0.15) is 0 Å². The lowest BCUT2D eigenvalue weighted by Crippen LogP contribution is -2.09. The lowest BCUT2D eigenvalue weighted by molar-refractivity contribution is 0.0938. The summed E-state index contributed by atoms with van der Waals surface area (Å²) in [5, 5.41) is 1.17. The van der Waals surface area contributed by atoms with E-state index in [2.05, 4.69) is 19.1 Å². The van der Waals surface area contributed by atoms with Gasteiger partial charge in [0.15, 0.2) is 0 Å². The molecule has 0 unspecified atom stereocenters. The molecule has 1 aromatic heterocycles. The van der Waals surface area contributed by atoms with Gasteiger partial charge in [-0.25, -0.2) is 0 Å². The van der Waals surface area contributed by atoms with Crippen molar-refractivity contribution in [3.8, 4) is 0 Å². The van der Waals surface area contributed by atoms with Gasteiger partial charge in [-0.05, 0) is 25.0 Å². The third-order valence-corrected chi connectivity index (χ3v) is 3.89. The van der Waals surface area contributed by atoms with Gasteiger partial charge in [0, 0.05) is 18.0 Å². The predicted octanol–water partition coefficient (Wildman–Crippen LogP) is 5.20. The van der Waals surface area contributed by atoms with Crippen LogP contribution in [0.4, 0.5) is 0 Å². The van der Waals surface area contributed by atoms with Crippen molar-refractivity contribution in [1.82, 2.24) is 4.57 Å². The molecule has 0 aliphatic rings. The van der Waals surface area contributed by atoms with Gasteiger partial charge < -0.3 is 0 Å². The molecule has 0 saturated carbocycles. The van der Waals surface area contributed by atoms with Gasteiger partial charge in [0.05, 0.1) is 5.52 Å². The Balaban J connectivity index is 2.02. The smallest absolute Gasteiger partial charge is 0.228 e. The van der Waals surface area contributed by atoms with Crippen LogP contribution in [0.2, 0.25) is 0 Å². The first kappa shape index (κ1) is 14.8. The van der Waals surface area contributed by atoms with Gasteiger partial charge >= 0.3 is 0 Å². The maximum atomic E-state index is 11.9. The molecule has 0 spiro atoms. The Morgan fingerprint density at radius 3 is 2.50 bits per heavy atom. The zero-order valence-corrected chi connectivity index (χ0v) is 12.7. The Labute approximate surface area is 121 Å². The van der Waals surface area contributed by atoms with Crippen LogP contribution < -0.4 is 0 Å². The van der Waals surface area contributed by atoms with Crippen LogP contribution in [-0.2, 0) is 6.42 Å². The molecular weight excluding hydrogens is 246 g/mol. The highest BCUT2D eigenvalue weighted by atomic mass is 16.1. The summed E-state index contributed by atoms with van der Waals surface area (Å²) in [4.78, 5) is 11.9. The molecule has 0 amide bonds. The number of carbonyl (C=O) groups is 1. The molecule has 20 heavy (non-hydrogen) atoms. The SMILES string of the molecule is CCCCCCCCc1cc2ccccc2n1C(C)=O. The minimum absolute atomic E-state index is 0.118.